The van der Waals surface area contributed by atoms with Gasteiger partial charge in [0.25, 0.3) is 0 Å². The quantitative estimate of drug-likeness (QED) is 0.166. The van der Waals surface area contributed by atoms with Gasteiger partial charge in [-0.2, -0.15) is 0 Å². The molecule has 0 spiro atoms. The van der Waals surface area contributed by atoms with Gasteiger partial charge in [0.1, 0.15) is 11.5 Å². The van der Waals surface area contributed by atoms with Crippen LogP contribution in [-0.2, 0) is 15.8 Å². The minimum Gasteiger partial charge on any atom is -0.497 e. The largest absolute Gasteiger partial charge is 0.497 e. The number of nitrogens with zero attached hydrogens (tertiary/aromatic N) is 1. The summed E-state index contributed by atoms with van der Waals surface area (Å²) >= 11 is 1.81. The molecule has 4 nitrogen and oxygen atoms in total. The van der Waals surface area contributed by atoms with Crippen molar-refractivity contribution in [3.63, 3.8) is 0 Å². The van der Waals surface area contributed by atoms with Gasteiger partial charge in [0.05, 0.1) is 26.0 Å². The first-order valence-corrected chi connectivity index (χ1v) is 18.0. The molecule has 3 aliphatic rings. The molecular weight excluding hydrogens is 599 g/mol. The molecule has 1 fully saturated rings. The summed E-state index contributed by atoms with van der Waals surface area (Å²) in [5.74, 6) is 1.79. The van der Waals surface area contributed by atoms with E-state index >= 15 is 0 Å². The van der Waals surface area contributed by atoms with Crippen LogP contribution >= 0.6 is 11.8 Å². The van der Waals surface area contributed by atoms with Crippen molar-refractivity contribution >= 4 is 34.3 Å². The van der Waals surface area contributed by atoms with Crippen molar-refractivity contribution in [2.24, 2.45) is 0 Å². The maximum atomic E-state index is 7.60. The lowest BCUT2D eigenvalue weighted by Crippen LogP contribution is -2.36. The third kappa shape index (κ3) is 4.47. The van der Waals surface area contributed by atoms with Gasteiger partial charge in [-0.15, -0.1) is 11.8 Å². The third-order valence-electron chi connectivity index (χ3n) is 10.8. The fourth-order valence-corrected chi connectivity index (χ4v) is 9.02. The number of fused-ring (bicyclic) bond motifs is 8. The van der Waals surface area contributed by atoms with Crippen LogP contribution < -0.4 is 14.4 Å². The first-order chi connectivity index (χ1) is 23.1. The number of benzene rings is 5. The summed E-state index contributed by atoms with van der Waals surface area (Å²) < 4.78 is 18.9. The molecule has 1 unspecified atom stereocenters. The van der Waals surface area contributed by atoms with E-state index in [-0.39, 0.29) is 5.41 Å². The molecule has 2 heterocycles. The Kier molecular flexibility index (Phi) is 7.57. The standard InChI is InChI=1S/C42H41NO3S/c1-5-41(6-2)35-15-11-10-14-31(35)38-33-26-36(43-22-24-45-25-23-43)37(47-4)27-34(33)40-32(39(38)41)20-21-42(46-40,28-12-8-7-9-13-28)29-16-18-30(44-3)19-17-29/h7-21,26-27H,5-6,22-25H2,1-4H3. The van der Waals surface area contributed by atoms with Gasteiger partial charge in [-0.1, -0.05) is 86.7 Å². The zero-order chi connectivity index (χ0) is 32.2. The predicted molar refractivity (Wildman–Crippen MR) is 195 cm³/mol. The summed E-state index contributed by atoms with van der Waals surface area (Å²) in [5.41, 5.74) is 9.29. The van der Waals surface area contributed by atoms with Crippen LogP contribution in [0.2, 0.25) is 0 Å². The average molecular weight is 640 g/mol. The first-order valence-electron chi connectivity index (χ1n) is 16.8. The SMILES string of the molecule is CCC1(CC)c2ccccc2-c2c1c1c(c3cc(SC)c(N4CCOCC4)cc23)OC(c2ccccc2)(c2ccc(OC)cc2)C=C1. The maximum Gasteiger partial charge on any atom is 0.178 e. The molecule has 1 atom stereocenters. The molecule has 0 radical (unpaired) electrons. The molecule has 0 amide bonds. The van der Waals surface area contributed by atoms with Gasteiger partial charge in [-0.25, -0.2) is 0 Å². The Balaban J connectivity index is 1.47. The number of rotatable bonds is 7. The minimum atomic E-state index is -0.809. The number of hydrogen-bond acceptors (Lipinski definition) is 5. The molecule has 5 aromatic rings. The zero-order valence-electron chi connectivity index (χ0n) is 27.6. The fraction of sp³-hybridized carbons (Fsp3) is 0.286. The van der Waals surface area contributed by atoms with Gasteiger partial charge in [0, 0.05) is 45.5 Å². The fourth-order valence-electron chi connectivity index (χ4n) is 8.39. The molecular formula is C42H41NO3S. The molecule has 2 aliphatic heterocycles. The lowest BCUT2D eigenvalue weighted by molar-refractivity contribution is 0.122. The van der Waals surface area contributed by atoms with E-state index in [1.54, 1.807) is 7.11 Å². The molecule has 0 N–H and O–H groups in total. The van der Waals surface area contributed by atoms with Crippen LogP contribution in [0.1, 0.15) is 54.5 Å². The van der Waals surface area contributed by atoms with Gasteiger partial charge in [-0.3, -0.25) is 0 Å². The molecule has 5 aromatic carbocycles. The lowest BCUT2D eigenvalue weighted by Gasteiger charge is -2.39. The summed E-state index contributed by atoms with van der Waals surface area (Å²) in [4.78, 5) is 3.76. The van der Waals surface area contributed by atoms with Crippen molar-refractivity contribution < 1.29 is 14.2 Å². The van der Waals surface area contributed by atoms with E-state index in [1.165, 1.54) is 43.8 Å². The first kappa shape index (κ1) is 30.2. The van der Waals surface area contributed by atoms with E-state index < -0.39 is 5.60 Å². The number of thioether (sulfide) groups is 1. The highest BCUT2D eigenvalue weighted by molar-refractivity contribution is 7.98. The minimum absolute atomic E-state index is 0.109. The Bertz CT molecular complexity index is 1990. The molecule has 5 heteroatoms. The van der Waals surface area contributed by atoms with Gasteiger partial charge < -0.3 is 19.1 Å². The highest BCUT2D eigenvalue weighted by Crippen LogP contribution is 2.61. The number of methoxy groups -OCH3 is 1. The number of ether oxygens (including phenoxy) is 3. The third-order valence-corrected chi connectivity index (χ3v) is 11.6. The lowest BCUT2D eigenvalue weighted by atomic mass is 9.71. The van der Waals surface area contributed by atoms with Crippen molar-refractivity contribution in [3.05, 3.63) is 125 Å². The normalized spacial score (nSPS) is 19.2. The second-order valence-electron chi connectivity index (χ2n) is 12.8. The second kappa shape index (κ2) is 11.8. The zero-order valence-corrected chi connectivity index (χ0v) is 28.5. The second-order valence-corrected chi connectivity index (χ2v) is 13.6. The molecule has 47 heavy (non-hydrogen) atoms. The molecule has 1 saturated heterocycles. The van der Waals surface area contributed by atoms with Crippen LogP contribution in [0, 0.1) is 0 Å². The van der Waals surface area contributed by atoms with E-state index in [1.807, 2.05) is 23.9 Å². The number of hydrogen-bond donors (Lipinski definition) is 0. The maximum absolute atomic E-state index is 7.60. The van der Waals surface area contributed by atoms with E-state index in [0.29, 0.717) is 0 Å². The Morgan fingerprint density at radius 2 is 1.53 bits per heavy atom. The van der Waals surface area contributed by atoms with Crippen molar-refractivity contribution in [2.45, 2.75) is 42.6 Å². The Morgan fingerprint density at radius 1 is 0.830 bits per heavy atom. The van der Waals surface area contributed by atoms with Gasteiger partial charge in [0.2, 0.25) is 0 Å². The highest BCUT2D eigenvalue weighted by Gasteiger charge is 2.47. The van der Waals surface area contributed by atoms with Gasteiger partial charge >= 0.3 is 0 Å². The molecule has 0 saturated carbocycles. The molecule has 0 bridgehead atoms. The average Bonchev–Trinajstić information content (AvgIpc) is 3.45. The molecule has 0 aromatic heterocycles. The Hall–Kier alpha value is -4.19. The smallest absolute Gasteiger partial charge is 0.178 e. The van der Waals surface area contributed by atoms with Crippen LogP contribution in [0.5, 0.6) is 11.5 Å². The van der Waals surface area contributed by atoms with Crippen LogP contribution in [0.3, 0.4) is 0 Å². The summed E-state index contributed by atoms with van der Waals surface area (Å²) in [6.45, 7) is 7.99. The van der Waals surface area contributed by atoms with E-state index in [9.17, 15) is 0 Å². The molecule has 1 aliphatic carbocycles. The van der Waals surface area contributed by atoms with Crippen molar-refractivity contribution in [1.29, 1.82) is 0 Å². The summed E-state index contributed by atoms with van der Waals surface area (Å²) in [6, 6.07) is 32.9. The topological polar surface area (TPSA) is 30.9 Å². The van der Waals surface area contributed by atoms with Crippen LogP contribution in [0.4, 0.5) is 5.69 Å². The summed E-state index contributed by atoms with van der Waals surface area (Å²) in [6.07, 6.45) is 8.87. The van der Waals surface area contributed by atoms with Gasteiger partial charge in [0.15, 0.2) is 5.60 Å². The van der Waals surface area contributed by atoms with Crippen LogP contribution in [0.25, 0.3) is 28.0 Å². The number of anilines is 1. The molecule has 8 rings (SSSR count). The molecule has 238 valence electrons. The van der Waals surface area contributed by atoms with Gasteiger partial charge in [-0.05, 0) is 77.1 Å². The van der Waals surface area contributed by atoms with Crippen LogP contribution in [-0.4, -0.2) is 39.7 Å². The van der Waals surface area contributed by atoms with Crippen molar-refractivity contribution in [1.82, 2.24) is 0 Å². The van der Waals surface area contributed by atoms with Crippen molar-refractivity contribution in [2.75, 3.05) is 44.6 Å². The van der Waals surface area contributed by atoms with E-state index in [4.69, 9.17) is 14.2 Å². The summed E-state index contributed by atoms with van der Waals surface area (Å²) in [5, 5.41) is 2.43. The van der Waals surface area contributed by atoms with E-state index in [0.717, 1.165) is 67.2 Å². The Morgan fingerprint density at radius 3 is 2.23 bits per heavy atom. The Labute approximate surface area is 282 Å². The van der Waals surface area contributed by atoms with E-state index in [2.05, 4.69) is 116 Å². The monoisotopic (exact) mass is 639 g/mol. The summed E-state index contributed by atoms with van der Waals surface area (Å²) in [7, 11) is 1.71. The van der Waals surface area contributed by atoms with Crippen LogP contribution in [0.15, 0.2) is 102 Å². The predicted octanol–water partition coefficient (Wildman–Crippen LogP) is 9.84. The van der Waals surface area contributed by atoms with Crippen molar-refractivity contribution in [3.8, 4) is 22.6 Å². The highest BCUT2D eigenvalue weighted by atomic mass is 32.2. The number of morpholine rings is 1.